The van der Waals surface area contributed by atoms with Gasteiger partial charge in [0.05, 0.1) is 5.56 Å². The summed E-state index contributed by atoms with van der Waals surface area (Å²) in [5.74, 6) is 0.496. The number of aryl methyl sites for hydroxylation is 2. The summed E-state index contributed by atoms with van der Waals surface area (Å²) in [4.78, 5) is 16.6. The molecule has 6 heteroatoms. The number of nitrogens with two attached hydrogens (primary N) is 1. The summed E-state index contributed by atoms with van der Waals surface area (Å²) in [6.45, 7) is 8.27. The molecule has 0 spiro atoms. The van der Waals surface area contributed by atoms with Crippen LogP contribution >= 0.6 is 12.2 Å². The first kappa shape index (κ1) is 16.4. The van der Waals surface area contributed by atoms with Crippen LogP contribution in [-0.4, -0.2) is 28.5 Å². The molecule has 110 valence electrons. The second-order valence-corrected chi connectivity index (χ2v) is 5.27. The Hall–Kier alpha value is -1.69. The molecule has 0 aliphatic rings. The average Bonchev–Trinajstić information content (AvgIpc) is 2.34. The van der Waals surface area contributed by atoms with Crippen LogP contribution in [0.3, 0.4) is 0 Å². The molecule has 1 aromatic rings. The first-order chi connectivity index (χ1) is 9.36. The van der Waals surface area contributed by atoms with Gasteiger partial charge in [0, 0.05) is 12.2 Å². The molecule has 5 nitrogen and oxygen atoms in total. The average molecular weight is 294 g/mol. The van der Waals surface area contributed by atoms with Gasteiger partial charge in [0.1, 0.15) is 16.8 Å². The minimum Gasteiger partial charge on any atom is -0.389 e. The van der Waals surface area contributed by atoms with E-state index in [9.17, 15) is 4.79 Å². The second-order valence-electron chi connectivity index (χ2n) is 4.83. The van der Waals surface area contributed by atoms with Gasteiger partial charge in [-0.3, -0.25) is 4.79 Å². The van der Waals surface area contributed by atoms with E-state index < -0.39 is 6.04 Å². The Morgan fingerprint density at radius 2 is 2.15 bits per heavy atom. The fourth-order valence-corrected chi connectivity index (χ4v) is 2.18. The molecular formula is C14H22N4OS. The highest BCUT2D eigenvalue weighted by Gasteiger charge is 2.17. The molecule has 0 fully saturated rings. The number of nitrogens with one attached hydrogen (secondary N) is 2. The van der Waals surface area contributed by atoms with E-state index in [0.29, 0.717) is 17.9 Å². The lowest BCUT2D eigenvalue weighted by Gasteiger charge is -2.18. The molecule has 1 heterocycles. The van der Waals surface area contributed by atoms with E-state index in [2.05, 4.69) is 15.6 Å². The lowest BCUT2D eigenvalue weighted by molar-refractivity contribution is -0.121. The molecule has 1 rings (SSSR count). The molecule has 1 unspecified atom stereocenters. The maximum atomic E-state index is 11.9. The van der Waals surface area contributed by atoms with Gasteiger partial charge in [-0.2, -0.15) is 0 Å². The van der Waals surface area contributed by atoms with Gasteiger partial charge in [-0.1, -0.05) is 19.1 Å². The van der Waals surface area contributed by atoms with Gasteiger partial charge in [0.15, 0.2) is 0 Å². The molecule has 0 saturated heterocycles. The fourth-order valence-electron chi connectivity index (χ4n) is 1.92. The van der Waals surface area contributed by atoms with Crippen molar-refractivity contribution in [2.75, 3.05) is 11.9 Å². The van der Waals surface area contributed by atoms with E-state index in [-0.39, 0.29) is 10.9 Å². The number of hydrogen-bond donors (Lipinski definition) is 3. The predicted octanol–water partition coefficient (Wildman–Crippen LogP) is 1.66. The van der Waals surface area contributed by atoms with Crippen molar-refractivity contribution >= 4 is 28.9 Å². The van der Waals surface area contributed by atoms with E-state index >= 15 is 0 Å². The molecule has 0 radical (unpaired) electrons. The maximum Gasteiger partial charge on any atom is 0.242 e. The zero-order valence-electron chi connectivity index (χ0n) is 12.4. The smallest absolute Gasteiger partial charge is 0.242 e. The summed E-state index contributed by atoms with van der Waals surface area (Å²) >= 11 is 5.07. The third-order valence-corrected chi connectivity index (χ3v) is 3.09. The van der Waals surface area contributed by atoms with Gasteiger partial charge < -0.3 is 16.4 Å². The van der Waals surface area contributed by atoms with Crippen LogP contribution < -0.4 is 16.4 Å². The summed E-state index contributed by atoms with van der Waals surface area (Å²) in [6, 6.07) is 1.52. The summed E-state index contributed by atoms with van der Waals surface area (Å²) in [5, 5.41) is 5.93. The van der Waals surface area contributed by atoms with Crippen molar-refractivity contribution < 1.29 is 4.79 Å². The highest BCUT2D eigenvalue weighted by atomic mass is 32.1. The number of nitrogens with zero attached hydrogens (tertiary/aromatic N) is 1. The van der Waals surface area contributed by atoms with Gasteiger partial charge in [-0.05, 0) is 38.8 Å². The molecule has 1 aromatic heterocycles. The number of pyridine rings is 1. The Labute approximate surface area is 125 Å². The molecular weight excluding hydrogens is 272 g/mol. The van der Waals surface area contributed by atoms with E-state index in [0.717, 1.165) is 17.7 Å². The molecule has 20 heavy (non-hydrogen) atoms. The molecule has 1 atom stereocenters. The first-order valence-corrected chi connectivity index (χ1v) is 7.10. The third kappa shape index (κ3) is 4.16. The van der Waals surface area contributed by atoms with Crippen molar-refractivity contribution in [1.82, 2.24) is 10.3 Å². The topological polar surface area (TPSA) is 80.0 Å². The van der Waals surface area contributed by atoms with Gasteiger partial charge in [0.2, 0.25) is 5.91 Å². The SMILES string of the molecule is CCCNC(=O)C(C)Nc1nc(C)cc(C)c1C(N)=S. The molecule has 0 aliphatic heterocycles. The summed E-state index contributed by atoms with van der Waals surface area (Å²) in [5.41, 5.74) is 8.25. The minimum absolute atomic E-state index is 0.0679. The molecule has 4 N–H and O–H groups in total. The minimum atomic E-state index is -0.400. The highest BCUT2D eigenvalue weighted by Crippen LogP contribution is 2.19. The molecule has 0 bridgehead atoms. The number of carbonyl (C=O) groups is 1. The van der Waals surface area contributed by atoms with E-state index in [1.807, 2.05) is 26.8 Å². The Balaban J connectivity index is 2.96. The van der Waals surface area contributed by atoms with Crippen molar-refractivity contribution in [2.45, 2.75) is 40.2 Å². The maximum absolute atomic E-state index is 11.9. The van der Waals surface area contributed by atoms with Crippen molar-refractivity contribution in [1.29, 1.82) is 0 Å². The van der Waals surface area contributed by atoms with Crippen LogP contribution in [-0.2, 0) is 4.79 Å². The monoisotopic (exact) mass is 294 g/mol. The van der Waals surface area contributed by atoms with Gasteiger partial charge >= 0.3 is 0 Å². The van der Waals surface area contributed by atoms with Gasteiger partial charge in [-0.15, -0.1) is 0 Å². The van der Waals surface area contributed by atoms with Crippen LogP contribution in [0.25, 0.3) is 0 Å². The van der Waals surface area contributed by atoms with E-state index in [1.165, 1.54) is 0 Å². The van der Waals surface area contributed by atoms with Crippen LogP contribution in [0.2, 0.25) is 0 Å². The number of thiocarbonyl (C=S) groups is 1. The number of rotatable bonds is 6. The number of carbonyl (C=O) groups excluding carboxylic acids is 1. The summed E-state index contributed by atoms with van der Waals surface area (Å²) in [7, 11) is 0. The summed E-state index contributed by atoms with van der Waals surface area (Å²) < 4.78 is 0. The second kappa shape index (κ2) is 7.19. The largest absolute Gasteiger partial charge is 0.389 e. The quantitative estimate of drug-likeness (QED) is 0.695. The normalized spacial score (nSPS) is 11.8. The Morgan fingerprint density at radius 1 is 1.50 bits per heavy atom. The van der Waals surface area contributed by atoms with Crippen molar-refractivity contribution in [2.24, 2.45) is 5.73 Å². The zero-order valence-corrected chi connectivity index (χ0v) is 13.2. The van der Waals surface area contributed by atoms with Crippen LogP contribution in [0.1, 0.15) is 37.1 Å². The van der Waals surface area contributed by atoms with Gasteiger partial charge in [0.25, 0.3) is 0 Å². The van der Waals surface area contributed by atoms with E-state index in [1.54, 1.807) is 6.92 Å². The number of anilines is 1. The predicted molar refractivity (Wildman–Crippen MR) is 86.0 cm³/mol. The van der Waals surface area contributed by atoms with E-state index in [4.69, 9.17) is 18.0 Å². The van der Waals surface area contributed by atoms with Crippen LogP contribution in [0.5, 0.6) is 0 Å². The summed E-state index contributed by atoms with van der Waals surface area (Å²) in [6.07, 6.45) is 0.901. The standard InChI is InChI=1S/C14H22N4OS/c1-5-6-16-14(19)10(4)18-13-11(12(15)20)8(2)7-9(3)17-13/h7,10H,5-6H2,1-4H3,(H2,15,20)(H,16,19)(H,17,18). The molecule has 0 aromatic carbocycles. The van der Waals surface area contributed by atoms with Crippen molar-refractivity contribution in [3.8, 4) is 0 Å². The van der Waals surface area contributed by atoms with Crippen LogP contribution in [0, 0.1) is 13.8 Å². The highest BCUT2D eigenvalue weighted by molar-refractivity contribution is 7.80. The lowest BCUT2D eigenvalue weighted by Crippen LogP contribution is -2.38. The molecule has 0 saturated carbocycles. The number of aromatic nitrogens is 1. The van der Waals surface area contributed by atoms with Crippen LogP contribution in [0.4, 0.5) is 5.82 Å². The third-order valence-electron chi connectivity index (χ3n) is 2.89. The van der Waals surface area contributed by atoms with Gasteiger partial charge in [-0.25, -0.2) is 4.98 Å². The molecule has 1 amide bonds. The molecule has 0 aliphatic carbocycles. The fraction of sp³-hybridized carbons (Fsp3) is 0.500. The number of hydrogen-bond acceptors (Lipinski definition) is 4. The Bertz CT molecular complexity index is 516. The first-order valence-electron chi connectivity index (χ1n) is 6.69. The van der Waals surface area contributed by atoms with Crippen molar-refractivity contribution in [3.63, 3.8) is 0 Å². The van der Waals surface area contributed by atoms with Crippen LogP contribution in [0.15, 0.2) is 6.07 Å². The Kier molecular flexibility index (Phi) is 5.88. The Morgan fingerprint density at radius 3 is 2.70 bits per heavy atom. The number of amides is 1. The zero-order chi connectivity index (χ0) is 15.3. The lowest BCUT2D eigenvalue weighted by atomic mass is 10.1. The van der Waals surface area contributed by atoms with Crippen molar-refractivity contribution in [3.05, 3.63) is 22.9 Å².